The standard InChI is InChI=1S/C30H30BrN3O/c1-20-8-11-26(12-9-20)34-29(35)30(21(2)32-34)19-24-18-25(31)10-13-27(24)33-15-14-23(17-28(30)33)16-22-6-4-3-5-7-22/h3-13,18,23,28H,14-17,19H2,1-2H3. The summed E-state index contributed by atoms with van der Waals surface area (Å²) in [5.41, 5.74) is 6.19. The van der Waals surface area contributed by atoms with Crippen LogP contribution in [-0.2, 0) is 17.6 Å². The number of fused-ring (bicyclic) bond motifs is 4. The molecule has 3 aliphatic rings. The minimum absolute atomic E-state index is 0.102. The Bertz CT molecular complexity index is 1300. The second-order valence-corrected chi connectivity index (χ2v) is 11.3. The van der Waals surface area contributed by atoms with E-state index in [1.165, 1.54) is 22.4 Å². The molecule has 3 unspecified atom stereocenters. The minimum atomic E-state index is -0.645. The first kappa shape index (κ1) is 22.5. The Morgan fingerprint density at radius 1 is 1.03 bits per heavy atom. The fourth-order valence-corrected chi connectivity index (χ4v) is 6.81. The monoisotopic (exact) mass is 527 g/mol. The average molecular weight is 528 g/mol. The number of amides is 1. The summed E-state index contributed by atoms with van der Waals surface area (Å²) in [7, 11) is 0. The Balaban J connectivity index is 1.41. The number of hydrogen-bond donors (Lipinski definition) is 0. The summed E-state index contributed by atoms with van der Waals surface area (Å²) >= 11 is 3.66. The quantitative estimate of drug-likeness (QED) is 0.387. The van der Waals surface area contributed by atoms with Crippen molar-refractivity contribution in [3.05, 3.63) is 94.0 Å². The van der Waals surface area contributed by atoms with Crippen molar-refractivity contribution in [1.29, 1.82) is 0 Å². The molecule has 6 rings (SSSR count). The van der Waals surface area contributed by atoms with Crippen LogP contribution in [0.2, 0.25) is 0 Å². The average Bonchev–Trinajstić information content (AvgIpc) is 3.10. The van der Waals surface area contributed by atoms with Crippen molar-refractivity contribution in [1.82, 2.24) is 0 Å². The van der Waals surface area contributed by atoms with Crippen molar-refractivity contribution in [2.75, 3.05) is 16.5 Å². The van der Waals surface area contributed by atoms with Crippen molar-refractivity contribution in [3.8, 4) is 0 Å². The summed E-state index contributed by atoms with van der Waals surface area (Å²) in [6.07, 6.45) is 3.87. The molecule has 0 N–H and O–H groups in total. The highest BCUT2D eigenvalue weighted by Gasteiger charge is 2.59. The third-order valence-corrected chi connectivity index (χ3v) is 8.71. The van der Waals surface area contributed by atoms with Gasteiger partial charge in [-0.2, -0.15) is 10.1 Å². The van der Waals surface area contributed by atoms with Crippen LogP contribution in [0.5, 0.6) is 0 Å². The number of halogens is 1. The Morgan fingerprint density at radius 3 is 2.57 bits per heavy atom. The van der Waals surface area contributed by atoms with Crippen LogP contribution in [0, 0.1) is 18.3 Å². The van der Waals surface area contributed by atoms with Crippen LogP contribution in [-0.4, -0.2) is 24.2 Å². The number of rotatable bonds is 3. The van der Waals surface area contributed by atoms with E-state index in [4.69, 9.17) is 5.10 Å². The van der Waals surface area contributed by atoms with Gasteiger partial charge in [-0.15, -0.1) is 0 Å². The third-order valence-electron chi connectivity index (χ3n) is 8.22. The van der Waals surface area contributed by atoms with E-state index >= 15 is 0 Å². The number of piperidine rings is 1. The highest BCUT2D eigenvalue weighted by molar-refractivity contribution is 9.10. The molecule has 3 aliphatic heterocycles. The van der Waals surface area contributed by atoms with Crippen molar-refractivity contribution in [2.24, 2.45) is 16.4 Å². The van der Waals surface area contributed by atoms with E-state index in [-0.39, 0.29) is 11.9 Å². The van der Waals surface area contributed by atoms with Gasteiger partial charge in [-0.3, -0.25) is 4.79 Å². The highest BCUT2D eigenvalue weighted by Crippen LogP contribution is 2.51. The number of anilines is 2. The van der Waals surface area contributed by atoms with Gasteiger partial charge in [0, 0.05) is 22.7 Å². The number of nitrogens with zero attached hydrogens (tertiary/aromatic N) is 3. The number of aryl methyl sites for hydroxylation is 1. The lowest BCUT2D eigenvalue weighted by atomic mass is 9.64. The first-order valence-corrected chi connectivity index (χ1v) is 13.3. The normalized spacial score (nSPS) is 25.5. The molecule has 0 saturated carbocycles. The SMILES string of the molecule is CC1=NN(c2ccc(C)cc2)C(=O)C12Cc1cc(Br)ccc1N1CCC(Cc3ccccc3)CC12. The predicted octanol–water partition coefficient (Wildman–Crippen LogP) is 6.55. The van der Waals surface area contributed by atoms with Crippen LogP contribution in [0.1, 0.15) is 36.5 Å². The first-order chi connectivity index (χ1) is 17.0. The molecule has 1 fully saturated rings. The van der Waals surface area contributed by atoms with Crippen molar-refractivity contribution in [3.63, 3.8) is 0 Å². The predicted molar refractivity (Wildman–Crippen MR) is 146 cm³/mol. The Kier molecular flexibility index (Phi) is 5.56. The van der Waals surface area contributed by atoms with Crippen LogP contribution in [0.15, 0.2) is 82.4 Å². The molecule has 4 nitrogen and oxygen atoms in total. The third kappa shape index (κ3) is 3.72. The molecule has 0 aliphatic carbocycles. The topological polar surface area (TPSA) is 35.9 Å². The number of benzene rings is 3. The van der Waals surface area contributed by atoms with Gasteiger partial charge in [0.2, 0.25) is 0 Å². The Morgan fingerprint density at radius 2 is 1.80 bits per heavy atom. The molecular weight excluding hydrogens is 498 g/mol. The highest BCUT2D eigenvalue weighted by atomic mass is 79.9. The van der Waals surface area contributed by atoms with Gasteiger partial charge in [-0.25, -0.2) is 0 Å². The lowest BCUT2D eigenvalue weighted by molar-refractivity contribution is -0.125. The molecule has 0 radical (unpaired) electrons. The molecule has 3 atom stereocenters. The second-order valence-electron chi connectivity index (χ2n) is 10.3. The van der Waals surface area contributed by atoms with E-state index in [1.54, 1.807) is 5.01 Å². The number of carbonyl (C=O) groups excluding carboxylic acids is 1. The zero-order chi connectivity index (χ0) is 24.2. The van der Waals surface area contributed by atoms with Gasteiger partial charge in [-0.1, -0.05) is 64.0 Å². The van der Waals surface area contributed by atoms with Gasteiger partial charge < -0.3 is 4.90 Å². The maximum absolute atomic E-state index is 14.4. The lowest BCUT2D eigenvalue weighted by Gasteiger charge is -2.52. The van der Waals surface area contributed by atoms with Gasteiger partial charge in [0.15, 0.2) is 0 Å². The van der Waals surface area contributed by atoms with Crippen molar-refractivity contribution in [2.45, 2.75) is 45.6 Å². The number of carbonyl (C=O) groups is 1. The molecule has 3 aromatic rings. The zero-order valence-corrected chi connectivity index (χ0v) is 21.8. The summed E-state index contributed by atoms with van der Waals surface area (Å²) in [4.78, 5) is 16.9. The van der Waals surface area contributed by atoms with E-state index in [1.807, 2.05) is 12.1 Å². The summed E-state index contributed by atoms with van der Waals surface area (Å²) < 4.78 is 1.05. The molecule has 178 valence electrons. The molecule has 1 amide bonds. The maximum atomic E-state index is 14.4. The van der Waals surface area contributed by atoms with Crippen LogP contribution < -0.4 is 9.91 Å². The lowest BCUT2D eigenvalue weighted by Crippen LogP contribution is -2.62. The van der Waals surface area contributed by atoms with Gasteiger partial charge in [0.25, 0.3) is 5.91 Å². The van der Waals surface area contributed by atoms with Crippen LogP contribution in [0.25, 0.3) is 0 Å². The molecule has 1 spiro atoms. The van der Waals surface area contributed by atoms with Crippen LogP contribution >= 0.6 is 15.9 Å². The first-order valence-electron chi connectivity index (χ1n) is 12.5. The van der Waals surface area contributed by atoms with E-state index in [9.17, 15) is 4.79 Å². The van der Waals surface area contributed by atoms with E-state index in [0.29, 0.717) is 12.3 Å². The fraction of sp³-hybridized carbons (Fsp3) is 0.333. The summed E-state index contributed by atoms with van der Waals surface area (Å²) in [6, 6.07) is 25.5. The van der Waals surface area contributed by atoms with E-state index in [0.717, 1.165) is 41.7 Å². The van der Waals surface area contributed by atoms with Crippen molar-refractivity contribution >= 4 is 38.9 Å². The zero-order valence-electron chi connectivity index (χ0n) is 20.2. The molecule has 5 heteroatoms. The molecule has 35 heavy (non-hydrogen) atoms. The van der Waals surface area contributed by atoms with Gasteiger partial charge in [0.05, 0.1) is 11.4 Å². The van der Waals surface area contributed by atoms with Gasteiger partial charge in [-0.05, 0) is 86.9 Å². The second kappa shape index (κ2) is 8.63. The molecule has 1 saturated heterocycles. The largest absolute Gasteiger partial charge is 0.367 e. The van der Waals surface area contributed by atoms with Crippen LogP contribution in [0.4, 0.5) is 11.4 Å². The number of hydrogen-bond acceptors (Lipinski definition) is 3. The van der Waals surface area contributed by atoms with Crippen LogP contribution in [0.3, 0.4) is 0 Å². The molecule has 0 aromatic heterocycles. The maximum Gasteiger partial charge on any atom is 0.261 e. The molecular formula is C30H30BrN3O. The van der Waals surface area contributed by atoms with Gasteiger partial charge >= 0.3 is 0 Å². The van der Waals surface area contributed by atoms with Crippen molar-refractivity contribution < 1.29 is 4.79 Å². The van der Waals surface area contributed by atoms with Gasteiger partial charge in [0.1, 0.15) is 5.41 Å². The summed E-state index contributed by atoms with van der Waals surface area (Å²) in [6.45, 7) is 5.09. The molecule has 0 bridgehead atoms. The Hall–Kier alpha value is -2.92. The van der Waals surface area contributed by atoms with E-state index < -0.39 is 5.41 Å². The Labute approximate surface area is 215 Å². The summed E-state index contributed by atoms with van der Waals surface area (Å²) in [5.74, 6) is 0.654. The smallest absolute Gasteiger partial charge is 0.261 e. The molecule has 3 heterocycles. The number of hydrazone groups is 1. The summed E-state index contributed by atoms with van der Waals surface area (Å²) in [5, 5.41) is 6.57. The minimum Gasteiger partial charge on any atom is -0.367 e. The van der Waals surface area contributed by atoms with E-state index in [2.05, 4.69) is 95.3 Å². The molecule has 3 aromatic carbocycles. The fourth-order valence-electron chi connectivity index (χ4n) is 6.40.